The van der Waals surface area contributed by atoms with Crippen LogP contribution in [-0.2, 0) is 0 Å². The van der Waals surface area contributed by atoms with Crippen LogP contribution in [0.5, 0.6) is 0 Å². The molecule has 58 heavy (non-hydrogen) atoms. The van der Waals surface area contributed by atoms with Crippen molar-refractivity contribution in [3.8, 4) is 22.3 Å². The van der Waals surface area contributed by atoms with E-state index in [-0.39, 0.29) is 0 Å². The van der Waals surface area contributed by atoms with E-state index in [2.05, 4.69) is 169 Å². The van der Waals surface area contributed by atoms with Gasteiger partial charge in [-0.1, -0.05) is 146 Å². The number of hydrogen-bond acceptors (Lipinski definition) is 5. The molecule has 11 aromatic rings. The number of fused-ring (bicyclic) bond motifs is 8. The first kappa shape index (κ1) is 32.5. The maximum absolute atomic E-state index is 6.69. The Morgan fingerprint density at radius 3 is 1.86 bits per heavy atom. The number of nitrogens with one attached hydrogen (secondary N) is 1. The van der Waals surface area contributed by atoms with Gasteiger partial charge in [0.05, 0.1) is 0 Å². The summed E-state index contributed by atoms with van der Waals surface area (Å²) in [4.78, 5) is 10.8. The van der Waals surface area contributed by atoms with Crippen molar-refractivity contribution in [2.75, 3.05) is 0 Å². The highest BCUT2D eigenvalue weighted by atomic mass is 16.3. The van der Waals surface area contributed by atoms with Crippen LogP contribution in [0.1, 0.15) is 22.9 Å². The molecule has 5 heteroatoms. The Labute approximate surface area is 333 Å². The molecule has 12 rings (SSSR count). The van der Waals surface area contributed by atoms with E-state index in [0.717, 1.165) is 99.4 Å². The molecular weight excluding hydrogens is 711 g/mol. The normalized spacial score (nSPS) is 14.4. The third-order valence-corrected chi connectivity index (χ3v) is 11.5. The van der Waals surface area contributed by atoms with E-state index in [1.165, 1.54) is 10.8 Å². The zero-order chi connectivity index (χ0) is 38.2. The van der Waals surface area contributed by atoms with Gasteiger partial charge in [0.1, 0.15) is 34.3 Å². The summed E-state index contributed by atoms with van der Waals surface area (Å²) in [6.45, 7) is 0. The van der Waals surface area contributed by atoms with Crippen LogP contribution in [0, 0.1) is 0 Å². The van der Waals surface area contributed by atoms with Gasteiger partial charge in [-0.2, -0.15) is 0 Å². The molecule has 3 heterocycles. The van der Waals surface area contributed by atoms with Crippen LogP contribution >= 0.6 is 0 Å². The van der Waals surface area contributed by atoms with Crippen LogP contribution in [-0.4, -0.2) is 11.7 Å². The molecule has 0 bridgehead atoms. The molecule has 0 fully saturated rings. The van der Waals surface area contributed by atoms with Gasteiger partial charge in [-0.25, -0.2) is 9.98 Å². The molecule has 272 valence electrons. The summed E-state index contributed by atoms with van der Waals surface area (Å²) in [5.41, 5.74) is 10.6. The lowest BCUT2D eigenvalue weighted by atomic mass is 9.91. The maximum atomic E-state index is 6.69. The number of furan rings is 2. The lowest BCUT2D eigenvalue weighted by molar-refractivity contribution is 0.663. The number of hydrogen-bond donors (Lipinski definition) is 1. The molecule has 1 aliphatic heterocycles. The van der Waals surface area contributed by atoms with E-state index in [4.69, 9.17) is 18.8 Å². The summed E-state index contributed by atoms with van der Waals surface area (Å²) in [5, 5.41) is 12.7. The molecule has 5 nitrogen and oxygen atoms in total. The van der Waals surface area contributed by atoms with Gasteiger partial charge in [0, 0.05) is 38.2 Å². The van der Waals surface area contributed by atoms with Crippen molar-refractivity contribution in [1.82, 2.24) is 5.32 Å². The fourth-order valence-corrected chi connectivity index (χ4v) is 8.66. The molecule has 0 spiro atoms. The van der Waals surface area contributed by atoms with Crippen molar-refractivity contribution in [2.45, 2.75) is 6.17 Å². The summed E-state index contributed by atoms with van der Waals surface area (Å²) >= 11 is 0. The molecule has 1 N–H and O–H groups in total. The molecule has 0 aliphatic carbocycles. The average molecular weight is 744 g/mol. The zero-order valence-corrected chi connectivity index (χ0v) is 31.2. The van der Waals surface area contributed by atoms with Crippen molar-refractivity contribution in [3.63, 3.8) is 0 Å². The average Bonchev–Trinajstić information content (AvgIpc) is 3.85. The summed E-state index contributed by atoms with van der Waals surface area (Å²) in [7, 11) is 0. The minimum absolute atomic E-state index is 0.528. The molecule has 1 aliphatic rings. The lowest BCUT2D eigenvalue weighted by Crippen LogP contribution is -2.34. The second kappa shape index (κ2) is 12.9. The van der Waals surface area contributed by atoms with E-state index >= 15 is 0 Å². The minimum atomic E-state index is -0.528. The summed E-state index contributed by atoms with van der Waals surface area (Å²) in [6, 6.07) is 65.8. The van der Waals surface area contributed by atoms with Crippen molar-refractivity contribution >= 4 is 77.1 Å². The summed E-state index contributed by atoms with van der Waals surface area (Å²) in [6.07, 6.45) is -0.528. The van der Waals surface area contributed by atoms with Gasteiger partial charge in [-0.05, 0) is 86.3 Å². The highest BCUT2D eigenvalue weighted by Gasteiger charge is 2.28. The predicted molar refractivity (Wildman–Crippen MR) is 239 cm³/mol. The van der Waals surface area contributed by atoms with Crippen LogP contribution in [0.4, 0.5) is 0 Å². The highest BCUT2D eigenvalue weighted by Crippen LogP contribution is 2.43. The van der Waals surface area contributed by atoms with Crippen LogP contribution in [0.3, 0.4) is 0 Å². The highest BCUT2D eigenvalue weighted by molar-refractivity contribution is 6.17. The van der Waals surface area contributed by atoms with E-state index in [0.29, 0.717) is 5.84 Å². The van der Waals surface area contributed by atoms with Crippen molar-refractivity contribution in [2.24, 2.45) is 9.98 Å². The number of aliphatic imine (C=N–C) groups is 2. The quantitative estimate of drug-likeness (QED) is 0.191. The third-order valence-electron chi connectivity index (χ3n) is 11.5. The second-order valence-corrected chi connectivity index (χ2v) is 15.0. The monoisotopic (exact) mass is 743 g/mol. The first-order valence-corrected chi connectivity index (χ1v) is 19.6. The van der Waals surface area contributed by atoms with E-state index in [1.807, 2.05) is 24.3 Å². The Hall–Kier alpha value is -7.76. The van der Waals surface area contributed by atoms with Crippen molar-refractivity contribution in [1.29, 1.82) is 0 Å². The SMILES string of the molecule is c1ccc(-c2ccc(C3=NC(c4ccc5c(c4)oc4ccccc45)=NC(c4c(-c5ccc6ccccc6c5)ccc5oc6cc7ccccc7cc6c45)N3)cc2)cc1. The number of para-hydroxylation sites is 1. The fraction of sp³-hybridized carbons (Fsp3) is 0.0189. The Morgan fingerprint density at radius 2 is 1.02 bits per heavy atom. The fourth-order valence-electron chi connectivity index (χ4n) is 8.66. The maximum Gasteiger partial charge on any atom is 0.159 e. The van der Waals surface area contributed by atoms with Crippen LogP contribution in [0.25, 0.3) is 87.7 Å². The first-order chi connectivity index (χ1) is 28.7. The molecule has 0 radical (unpaired) electrons. The van der Waals surface area contributed by atoms with E-state index < -0.39 is 6.17 Å². The minimum Gasteiger partial charge on any atom is -0.456 e. The van der Waals surface area contributed by atoms with Gasteiger partial charge < -0.3 is 14.2 Å². The van der Waals surface area contributed by atoms with Crippen LogP contribution in [0.2, 0.25) is 0 Å². The number of rotatable bonds is 5. The summed E-state index contributed by atoms with van der Waals surface area (Å²) in [5.74, 6) is 1.35. The van der Waals surface area contributed by atoms with Gasteiger partial charge in [0.2, 0.25) is 0 Å². The Morgan fingerprint density at radius 1 is 0.397 bits per heavy atom. The third kappa shape index (κ3) is 5.32. The van der Waals surface area contributed by atoms with E-state index in [9.17, 15) is 0 Å². The molecule has 9 aromatic carbocycles. The molecule has 0 saturated heterocycles. The largest absolute Gasteiger partial charge is 0.456 e. The number of amidine groups is 2. The smallest absolute Gasteiger partial charge is 0.159 e. The first-order valence-electron chi connectivity index (χ1n) is 19.6. The van der Waals surface area contributed by atoms with Crippen molar-refractivity contribution < 1.29 is 8.83 Å². The number of nitrogens with zero attached hydrogens (tertiary/aromatic N) is 2. The molecule has 1 atom stereocenters. The summed E-state index contributed by atoms with van der Waals surface area (Å²) < 4.78 is 13.1. The number of benzene rings is 9. The standard InChI is InChI=1S/C53H33N3O2/c1-2-10-32(11-3-1)34-18-21-35(22-19-34)51-54-52(40-24-25-43-42-16-8-9-17-45(42)57-47(43)31-40)56-53(55-51)50-41(39-23-20-33-12-4-5-13-36(33)28-39)26-27-46-49(50)44-29-37-14-6-7-15-38(37)30-48(44)58-46/h1-31,53H,(H,54,55,56). The van der Waals surface area contributed by atoms with Gasteiger partial charge in [0.15, 0.2) is 5.84 Å². The Bertz CT molecular complexity index is 3480. The Balaban J connectivity index is 1.10. The Kier molecular flexibility index (Phi) is 7.23. The van der Waals surface area contributed by atoms with E-state index in [1.54, 1.807) is 0 Å². The molecule has 0 saturated carbocycles. The van der Waals surface area contributed by atoms with Gasteiger partial charge >= 0.3 is 0 Å². The predicted octanol–water partition coefficient (Wildman–Crippen LogP) is 13.6. The van der Waals surface area contributed by atoms with Gasteiger partial charge in [-0.3, -0.25) is 0 Å². The van der Waals surface area contributed by atoms with Crippen LogP contribution < -0.4 is 5.32 Å². The molecular formula is C53H33N3O2. The molecule has 0 amide bonds. The molecule has 1 unspecified atom stereocenters. The topological polar surface area (TPSA) is 63.0 Å². The van der Waals surface area contributed by atoms with Gasteiger partial charge in [-0.15, -0.1) is 0 Å². The molecule has 2 aromatic heterocycles. The van der Waals surface area contributed by atoms with Gasteiger partial charge in [0.25, 0.3) is 0 Å². The lowest BCUT2D eigenvalue weighted by Gasteiger charge is -2.26. The van der Waals surface area contributed by atoms with Crippen LogP contribution in [0.15, 0.2) is 207 Å². The van der Waals surface area contributed by atoms with Crippen molar-refractivity contribution in [3.05, 3.63) is 205 Å². The zero-order valence-electron chi connectivity index (χ0n) is 31.2. The second-order valence-electron chi connectivity index (χ2n) is 15.0.